The Morgan fingerprint density at radius 1 is 1.50 bits per heavy atom. The predicted molar refractivity (Wildman–Crippen MR) is 66.3 cm³/mol. The second-order valence-electron chi connectivity index (χ2n) is 4.04. The van der Waals surface area contributed by atoms with E-state index in [0.29, 0.717) is 22.7 Å². The monoisotopic (exact) mass is 285 g/mol. The molecule has 0 amide bonds. The molecule has 0 atom stereocenters. The Labute approximate surface area is 104 Å². The lowest BCUT2D eigenvalue weighted by Crippen LogP contribution is -2.07. The molecule has 1 heterocycles. The molecule has 0 saturated heterocycles. The van der Waals surface area contributed by atoms with Crippen LogP contribution in [0, 0.1) is 5.92 Å². The normalized spacial score (nSPS) is 10.5. The maximum Gasteiger partial charge on any atom is 0.339 e. The van der Waals surface area contributed by atoms with Crippen molar-refractivity contribution < 1.29 is 9.53 Å². The van der Waals surface area contributed by atoms with Crippen molar-refractivity contribution in [3.63, 3.8) is 0 Å². The first-order valence-corrected chi connectivity index (χ1v) is 6.17. The number of nitrogens with zero attached hydrogens (tertiary/aromatic N) is 1. The standard InChI is InChI=1S/C12H16BrNO2/c1-9(2)4-3-7-16-12(15)10-5-6-11(13)14-8-10/h5-6,8-9H,3-4,7H2,1-2H3. The van der Waals surface area contributed by atoms with Gasteiger partial charge in [-0.1, -0.05) is 13.8 Å². The van der Waals surface area contributed by atoms with Gasteiger partial charge in [0.2, 0.25) is 0 Å². The highest BCUT2D eigenvalue weighted by atomic mass is 79.9. The van der Waals surface area contributed by atoms with Gasteiger partial charge in [0.05, 0.1) is 12.2 Å². The summed E-state index contributed by atoms with van der Waals surface area (Å²) in [5.74, 6) is 0.344. The number of esters is 1. The summed E-state index contributed by atoms with van der Waals surface area (Å²) < 4.78 is 5.84. The van der Waals surface area contributed by atoms with Crippen LogP contribution >= 0.6 is 15.9 Å². The molecule has 1 rings (SSSR count). The average Bonchev–Trinajstić information content (AvgIpc) is 2.25. The van der Waals surface area contributed by atoms with E-state index in [1.54, 1.807) is 12.1 Å². The minimum atomic E-state index is -0.302. The van der Waals surface area contributed by atoms with Crippen LogP contribution in [0.25, 0.3) is 0 Å². The van der Waals surface area contributed by atoms with E-state index < -0.39 is 0 Å². The van der Waals surface area contributed by atoms with E-state index in [9.17, 15) is 4.79 Å². The number of hydrogen-bond donors (Lipinski definition) is 0. The fraction of sp³-hybridized carbons (Fsp3) is 0.500. The van der Waals surface area contributed by atoms with Gasteiger partial charge in [0.1, 0.15) is 4.60 Å². The van der Waals surface area contributed by atoms with Crippen molar-refractivity contribution >= 4 is 21.9 Å². The van der Waals surface area contributed by atoms with Gasteiger partial charge in [0.25, 0.3) is 0 Å². The van der Waals surface area contributed by atoms with Crippen LogP contribution in [0.2, 0.25) is 0 Å². The predicted octanol–water partition coefficient (Wildman–Crippen LogP) is 3.44. The molecule has 0 aromatic carbocycles. The highest BCUT2D eigenvalue weighted by Gasteiger charge is 2.07. The number of pyridine rings is 1. The van der Waals surface area contributed by atoms with Crippen LogP contribution in [0.15, 0.2) is 22.9 Å². The Hall–Kier alpha value is -0.900. The van der Waals surface area contributed by atoms with Crippen LogP contribution in [-0.4, -0.2) is 17.6 Å². The van der Waals surface area contributed by atoms with Crippen molar-refractivity contribution in [3.05, 3.63) is 28.5 Å². The molecule has 0 unspecified atom stereocenters. The quantitative estimate of drug-likeness (QED) is 0.473. The van der Waals surface area contributed by atoms with Crippen LogP contribution in [0.3, 0.4) is 0 Å². The Kier molecular flexibility index (Phi) is 5.46. The SMILES string of the molecule is CC(C)CCCOC(=O)c1ccc(Br)nc1. The number of aromatic nitrogens is 1. The molecule has 1 aromatic rings. The molecule has 0 bridgehead atoms. The fourth-order valence-electron chi connectivity index (χ4n) is 1.24. The number of carbonyl (C=O) groups excluding carboxylic acids is 1. The summed E-state index contributed by atoms with van der Waals surface area (Å²) in [5.41, 5.74) is 0.493. The zero-order valence-corrected chi connectivity index (χ0v) is 11.2. The minimum Gasteiger partial charge on any atom is -0.462 e. The molecule has 0 radical (unpaired) electrons. The van der Waals surface area contributed by atoms with Gasteiger partial charge >= 0.3 is 5.97 Å². The molecule has 3 nitrogen and oxygen atoms in total. The second-order valence-corrected chi connectivity index (χ2v) is 4.85. The molecular weight excluding hydrogens is 270 g/mol. The summed E-state index contributed by atoms with van der Waals surface area (Å²) in [4.78, 5) is 15.5. The van der Waals surface area contributed by atoms with E-state index >= 15 is 0 Å². The lowest BCUT2D eigenvalue weighted by atomic mass is 10.1. The number of hydrogen-bond acceptors (Lipinski definition) is 3. The third kappa shape index (κ3) is 4.75. The van der Waals surface area contributed by atoms with Crippen molar-refractivity contribution in [3.8, 4) is 0 Å². The maximum absolute atomic E-state index is 11.5. The highest BCUT2D eigenvalue weighted by Crippen LogP contribution is 2.08. The molecule has 4 heteroatoms. The average molecular weight is 286 g/mol. The first-order valence-electron chi connectivity index (χ1n) is 5.38. The van der Waals surface area contributed by atoms with E-state index in [2.05, 4.69) is 34.8 Å². The third-order valence-corrected chi connectivity index (χ3v) is 2.59. The van der Waals surface area contributed by atoms with Crippen molar-refractivity contribution in [2.45, 2.75) is 26.7 Å². The van der Waals surface area contributed by atoms with Crippen LogP contribution in [0.4, 0.5) is 0 Å². The first kappa shape index (κ1) is 13.2. The molecule has 1 aromatic heterocycles. The summed E-state index contributed by atoms with van der Waals surface area (Å²) in [6.45, 7) is 4.79. The lowest BCUT2D eigenvalue weighted by molar-refractivity contribution is 0.0494. The van der Waals surface area contributed by atoms with Gasteiger partial charge < -0.3 is 4.74 Å². The zero-order chi connectivity index (χ0) is 12.0. The van der Waals surface area contributed by atoms with Gasteiger partial charge in [-0.05, 0) is 46.8 Å². The van der Waals surface area contributed by atoms with E-state index in [1.807, 2.05) is 0 Å². The second kappa shape index (κ2) is 6.63. The zero-order valence-electron chi connectivity index (χ0n) is 9.57. The third-order valence-electron chi connectivity index (χ3n) is 2.12. The van der Waals surface area contributed by atoms with E-state index in [-0.39, 0.29) is 5.97 Å². The largest absolute Gasteiger partial charge is 0.462 e. The molecule has 0 N–H and O–H groups in total. The number of carbonyl (C=O) groups is 1. The van der Waals surface area contributed by atoms with Gasteiger partial charge in [-0.2, -0.15) is 0 Å². The summed E-state index contributed by atoms with van der Waals surface area (Å²) in [6, 6.07) is 3.42. The molecule has 0 fully saturated rings. The molecule has 0 aliphatic carbocycles. The van der Waals surface area contributed by atoms with Crippen molar-refractivity contribution in [2.24, 2.45) is 5.92 Å². The van der Waals surface area contributed by atoms with E-state index in [1.165, 1.54) is 6.20 Å². The van der Waals surface area contributed by atoms with Gasteiger partial charge in [0.15, 0.2) is 0 Å². The summed E-state index contributed by atoms with van der Waals surface area (Å²) in [7, 11) is 0. The van der Waals surface area contributed by atoms with Crippen LogP contribution in [0.5, 0.6) is 0 Å². The molecule has 88 valence electrons. The molecule has 0 spiro atoms. The molecule has 0 saturated carbocycles. The summed E-state index contributed by atoms with van der Waals surface area (Å²) in [5, 5.41) is 0. The summed E-state index contributed by atoms with van der Waals surface area (Å²) >= 11 is 3.21. The highest BCUT2D eigenvalue weighted by molar-refractivity contribution is 9.10. The van der Waals surface area contributed by atoms with Gasteiger partial charge in [0, 0.05) is 6.20 Å². The maximum atomic E-state index is 11.5. The fourth-order valence-corrected chi connectivity index (χ4v) is 1.47. The van der Waals surface area contributed by atoms with Crippen molar-refractivity contribution in [2.75, 3.05) is 6.61 Å². The topological polar surface area (TPSA) is 39.2 Å². The van der Waals surface area contributed by atoms with Crippen LogP contribution < -0.4 is 0 Å². The van der Waals surface area contributed by atoms with Gasteiger partial charge in [-0.15, -0.1) is 0 Å². The lowest BCUT2D eigenvalue weighted by Gasteiger charge is -2.06. The van der Waals surface area contributed by atoms with Crippen molar-refractivity contribution in [1.29, 1.82) is 0 Å². The minimum absolute atomic E-state index is 0.302. The van der Waals surface area contributed by atoms with E-state index in [4.69, 9.17) is 4.74 Å². The number of halogens is 1. The van der Waals surface area contributed by atoms with Crippen molar-refractivity contribution in [1.82, 2.24) is 4.98 Å². The van der Waals surface area contributed by atoms with Crippen LogP contribution in [-0.2, 0) is 4.74 Å². The molecule has 0 aliphatic heterocycles. The molecule has 0 aliphatic rings. The Morgan fingerprint density at radius 2 is 2.25 bits per heavy atom. The molecule has 16 heavy (non-hydrogen) atoms. The number of rotatable bonds is 5. The van der Waals surface area contributed by atoms with Gasteiger partial charge in [-0.25, -0.2) is 9.78 Å². The van der Waals surface area contributed by atoms with Crippen LogP contribution in [0.1, 0.15) is 37.0 Å². The molecular formula is C12H16BrNO2. The first-order chi connectivity index (χ1) is 7.59. The number of ether oxygens (including phenoxy) is 1. The summed E-state index contributed by atoms with van der Waals surface area (Å²) in [6.07, 6.45) is 3.49. The Bertz CT molecular complexity index is 335. The Morgan fingerprint density at radius 3 is 2.81 bits per heavy atom. The van der Waals surface area contributed by atoms with Gasteiger partial charge in [-0.3, -0.25) is 0 Å². The van der Waals surface area contributed by atoms with E-state index in [0.717, 1.165) is 12.8 Å². The Balaban J connectivity index is 2.32. The smallest absolute Gasteiger partial charge is 0.339 e.